The Balaban J connectivity index is 1.84. The number of rotatable bonds is 6. The Morgan fingerprint density at radius 1 is 1.08 bits per heavy atom. The van der Waals surface area contributed by atoms with E-state index in [1.807, 2.05) is 36.5 Å². The molecular weight excluding hydrogens is 326 g/mol. The summed E-state index contributed by atoms with van der Waals surface area (Å²) in [7, 11) is 1.58. The van der Waals surface area contributed by atoms with Gasteiger partial charge in [0.05, 0.1) is 0 Å². The summed E-state index contributed by atoms with van der Waals surface area (Å²) >= 11 is 5.87. The fourth-order valence-electron chi connectivity index (χ4n) is 2.25. The third kappa shape index (κ3) is 5.08. The van der Waals surface area contributed by atoms with Gasteiger partial charge in [0.15, 0.2) is 6.54 Å². The summed E-state index contributed by atoms with van der Waals surface area (Å²) in [6.07, 6.45) is 0. The van der Waals surface area contributed by atoms with E-state index in [9.17, 15) is 9.59 Å². The second kappa shape index (κ2) is 8.47. The molecule has 0 saturated carbocycles. The van der Waals surface area contributed by atoms with Crippen LogP contribution in [0.3, 0.4) is 0 Å². The van der Waals surface area contributed by atoms with E-state index in [1.54, 1.807) is 31.3 Å². The van der Waals surface area contributed by atoms with Crippen molar-refractivity contribution in [3.63, 3.8) is 0 Å². The Morgan fingerprint density at radius 3 is 2.29 bits per heavy atom. The van der Waals surface area contributed by atoms with Crippen LogP contribution in [0.1, 0.15) is 28.9 Å². The van der Waals surface area contributed by atoms with Gasteiger partial charge in [0, 0.05) is 28.9 Å². The minimum atomic E-state index is -0.155. The zero-order valence-corrected chi connectivity index (χ0v) is 14.4. The van der Waals surface area contributed by atoms with Gasteiger partial charge in [-0.25, -0.2) is 0 Å². The fraction of sp³-hybridized carbons (Fsp3) is 0.222. The Bertz CT molecular complexity index is 699. The molecule has 0 unspecified atom stereocenters. The Labute approximate surface area is 146 Å². The number of hydrogen-bond acceptors (Lipinski definition) is 2. The first kappa shape index (κ1) is 18.0. The van der Waals surface area contributed by atoms with Crippen molar-refractivity contribution in [3.8, 4) is 0 Å². The normalized spacial score (nSPS) is 11.6. The number of carbonyl (C=O) groups excluding carboxylic acids is 2. The van der Waals surface area contributed by atoms with Crippen LogP contribution in [0.4, 0.5) is 5.69 Å². The summed E-state index contributed by atoms with van der Waals surface area (Å²) < 4.78 is 0. The predicted octanol–water partition coefficient (Wildman–Crippen LogP) is 1.96. The highest BCUT2D eigenvalue weighted by Gasteiger charge is 2.12. The molecule has 4 N–H and O–H groups in total. The van der Waals surface area contributed by atoms with Gasteiger partial charge in [0.1, 0.15) is 6.04 Å². The molecule has 5 nitrogen and oxygen atoms in total. The molecule has 6 heteroatoms. The molecule has 0 bridgehead atoms. The molecule has 0 aliphatic rings. The standard InChI is InChI=1S/C18H20ClN3O2/c1-12(13-3-7-15(19)8-4-13)21-11-17(23)22-16-9-5-14(6-10-16)18(24)20-2/h3-10,12,21H,11H2,1-2H3,(H,20,24)(H,22,23)/p+1/t12-/m0/s1. The van der Waals surface area contributed by atoms with Crippen molar-refractivity contribution in [1.29, 1.82) is 0 Å². The van der Waals surface area contributed by atoms with Crippen molar-refractivity contribution in [2.75, 3.05) is 18.9 Å². The van der Waals surface area contributed by atoms with Crippen LogP contribution in [0.5, 0.6) is 0 Å². The maximum Gasteiger partial charge on any atom is 0.279 e. The zero-order chi connectivity index (χ0) is 17.5. The summed E-state index contributed by atoms with van der Waals surface area (Å²) in [6.45, 7) is 2.34. The van der Waals surface area contributed by atoms with Crippen molar-refractivity contribution >= 4 is 29.1 Å². The van der Waals surface area contributed by atoms with E-state index < -0.39 is 0 Å². The molecular formula is C18H21ClN3O2+. The summed E-state index contributed by atoms with van der Waals surface area (Å²) in [5.41, 5.74) is 2.33. The molecule has 2 aromatic carbocycles. The topological polar surface area (TPSA) is 74.8 Å². The quantitative estimate of drug-likeness (QED) is 0.748. The molecule has 0 fully saturated rings. The van der Waals surface area contributed by atoms with Crippen molar-refractivity contribution in [3.05, 3.63) is 64.7 Å². The van der Waals surface area contributed by atoms with Crippen molar-refractivity contribution in [2.45, 2.75) is 13.0 Å². The number of carbonyl (C=O) groups is 2. The zero-order valence-electron chi connectivity index (χ0n) is 13.7. The summed E-state index contributed by atoms with van der Waals surface area (Å²) in [6, 6.07) is 14.5. The molecule has 0 saturated heterocycles. The SMILES string of the molecule is CNC(=O)c1ccc(NC(=O)C[NH2+][C@@H](C)c2ccc(Cl)cc2)cc1. The van der Waals surface area contributed by atoms with Gasteiger partial charge in [0.2, 0.25) is 0 Å². The van der Waals surface area contributed by atoms with E-state index in [0.29, 0.717) is 22.8 Å². The number of halogens is 1. The van der Waals surface area contributed by atoms with Crippen LogP contribution in [0.2, 0.25) is 5.02 Å². The molecule has 2 rings (SSSR count). The van der Waals surface area contributed by atoms with E-state index in [1.165, 1.54) is 0 Å². The summed E-state index contributed by atoms with van der Waals surface area (Å²) in [5.74, 6) is -0.249. The highest BCUT2D eigenvalue weighted by Crippen LogP contribution is 2.13. The van der Waals surface area contributed by atoms with E-state index in [2.05, 4.69) is 10.6 Å². The van der Waals surface area contributed by atoms with Crippen LogP contribution < -0.4 is 16.0 Å². The Morgan fingerprint density at radius 2 is 1.71 bits per heavy atom. The van der Waals surface area contributed by atoms with Crippen molar-refractivity contribution < 1.29 is 14.9 Å². The Kier molecular flexibility index (Phi) is 6.35. The van der Waals surface area contributed by atoms with Gasteiger partial charge in [-0.05, 0) is 43.3 Å². The van der Waals surface area contributed by atoms with E-state index in [0.717, 1.165) is 5.56 Å². The van der Waals surface area contributed by atoms with E-state index in [-0.39, 0.29) is 17.9 Å². The number of quaternary nitrogens is 1. The van der Waals surface area contributed by atoms with Crippen LogP contribution in [-0.4, -0.2) is 25.4 Å². The average molecular weight is 347 g/mol. The third-order valence-electron chi connectivity index (χ3n) is 3.71. The largest absolute Gasteiger partial charge is 0.355 e. The van der Waals surface area contributed by atoms with Gasteiger partial charge in [-0.1, -0.05) is 23.7 Å². The number of amides is 2. The average Bonchev–Trinajstić information content (AvgIpc) is 2.60. The molecule has 1 atom stereocenters. The number of benzene rings is 2. The number of hydrogen-bond donors (Lipinski definition) is 3. The van der Waals surface area contributed by atoms with Crippen LogP contribution in [-0.2, 0) is 4.79 Å². The van der Waals surface area contributed by atoms with Crippen molar-refractivity contribution in [1.82, 2.24) is 5.32 Å². The minimum absolute atomic E-state index is 0.0940. The second-order valence-corrected chi connectivity index (χ2v) is 5.92. The highest BCUT2D eigenvalue weighted by atomic mass is 35.5. The molecule has 2 amide bonds. The van der Waals surface area contributed by atoms with Gasteiger partial charge in [-0.15, -0.1) is 0 Å². The monoisotopic (exact) mass is 346 g/mol. The number of nitrogens with two attached hydrogens (primary N) is 1. The van der Waals surface area contributed by atoms with Crippen LogP contribution in [0, 0.1) is 0 Å². The lowest BCUT2D eigenvalue weighted by molar-refractivity contribution is -0.682. The van der Waals surface area contributed by atoms with Crippen LogP contribution in [0.25, 0.3) is 0 Å². The first-order valence-electron chi connectivity index (χ1n) is 7.70. The molecule has 0 aliphatic carbocycles. The second-order valence-electron chi connectivity index (χ2n) is 5.48. The maximum absolute atomic E-state index is 12.0. The summed E-state index contributed by atoms with van der Waals surface area (Å²) in [5, 5.41) is 8.03. The van der Waals surface area contributed by atoms with Gasteiger partial charge in [-0.3, -0.25) is 9.59 Å². The molecule has 0 aromatic heterocycles. The molecule has 2 aromatic rings. The predicted molar refractivity (Wildman–Crippen MR) is 95.1 cm³/mol. The highest BCUT2D eigenvalue weighted by molar-refractivity contribution is 6.30. The maximum atomic E-state index is 12.0. The first-order valence-corrected chi connectivity index (χ1v) is 8.08. The third-order valence-corrected chi connectivity index (χ3v) is 3.96. The van der Waals surface area contributed by atoms with Gasteiger partial charge < -0.3 is 16.0 Å². The van der Waals surface area contributed by atoms with Gasteiger partial charge in [0.25, 0.3) is 11.8 Å². The molecule has 0 heterocycles. The molecule has 126 valence electrons. The van der Waals surface area contributed by atoms with E-state index >= 15 is 0 Å². The van der Waals surface area contributed by atoms with E-state index in [4.69, 9.17) is 11.6 Å². The van der Waals surface area contributed by atoms with Gasteiger partial charge in [-0.2, -0.15) is 0 Å². The van der Waals surface area contributed by atoms with Crippen LogP contribution >= 0.6 is 11.6 Å². The molecule has 24 heavy (non-hydrogen) atoms. The lowest BCUT2D eigenvalue weighted by atomic mass is 10.1. The molecule has 0 spiro atoms. The summed E-state index contributed by atoms with van der Waals surface area (Å²) in [4.78, 5) is 23.5. The lowest BCUT2D eigenvalue weighted by Crippen LogP contribution is -2.86. The van der Waals surface area contributed by atoms with Crippen LogP contribution in [0.15, 0.2) is 48.5 Å². The first-order chi connectivity index (χ1) is 11.5. The van der Waals surface area contributed by atoms with Gasteiger partial charge >= 0.3 is 0 Å². The molecule has 0 aliphatic heterocycles. The van der Waals surface area contributed by atoms with Crippen molar-refractivity contribution in [2.24, 2.45) is 0 Å². The fourth-order valence-corrected chi connectivity index (χ4v) is 2.37. The number of anilines is 1. The minimum Gasteiger partial charge on any atom is -0.355 e. The number of nitrogens with one attached hydrogen (secondary N) is 2. The molecule has 0 radical (unpaired) electrons. The Hall–Kier alpha value is -2.37. The lowest BCUT2D eigenvalue weighted by Gasteiger charge is -2.11. The smallest absolute Gasteiger partial charge is 0.279 e.